The Labute approximate surface area is 189 Å². The number of aryl methyl sites for hydroxylation is 2. The van der Waals surface area contributed by atoms with E-state index in [4.69, 9.17) is 9.47 Å². The Balaban J connectivity index is 1.76. The van der Waals surface area contributed by atoms with Gasteiger partial charge >= 0.3 is 5.97 Å². The summed E-state index contributed by atoms with van der Waals surface area (Å²) in [6.07, 6.45) is 3.73. The van der Waals surface area contributed by atoms with Gasteiger partial charge in [0.25, 0.3) is 5.91 Å². The van der Waals surface area contributed by atoms with E-state index in [1.807, 2.05) is 32.1 Å². The van der Waals surface area contributed by atoms with Crippen LogP contribution in [-0.2, 0) is 19.1 Å². The smallest absolute Gasteiger partial charge is 0.340 e. The van der Waals surface area contributed by atoms with Gasteiger partial charge in [0.15, 0.2) is 0 Å². The van der Waals surface area contributed by atoms with E-state index < -0.39 is 5.97 Å². The molecule has 6 nitrogen and oxygen atoms in total. The van der Waals surface area contributed by atoms with E-state index in [0.717, 1.165) is 35.5 Å². The van der Waals surface area contributed by atoms with Crippen LogP contribution >= 0.6 is 0 Å². The van der Waals surface area contributed by atoms with Gasteiger partial charge in [-0.05, 0) is 75.9 Å². The Morgan fingerprint density at radius 2 is 2.00 bits per heavy atom. The monoisotopic (exact) mass is 434 g/mol. The molecule has 0 spiro atoms. The molecule has 1 amide bonds. The molecule has 2 aliphatic heterocycles. The molecule has 0 bridgehead atoms. The van der Waals surface area contributed by atoms with Crippen molar-refractivity contribution in [2.24, 2.45) is 0 Å². The first-order valence-electron chi connectivity index (χ1n) is 11.0. The number of aromatic nitrogens is 1. The zero-order chi connectivity index (χ0) is 23.0. The van der Waals surface area contributed by atoms with Crippen LogP contribution in [0.1, 0.15) is 42.3 Å². The van der Waals surface area contributed by atoms with Crippen LogP contribution in [0.2, 0.25) is 0 Å². The van der Waals surface area contributed by atoms with Crippen molar-refractivity contribution in [1.82, 2.24) is 9.47 Å². The van der Waals surface area contributed by atoms with Crippen LogP contribution in [0.15, 0.2) is 47.2 Å². The van der Waals surface area contributed by atoms with Crippen molar-refractivity contribution in [3.8, 4) is 5.69 Å². The first-order valence-corrected chi connectivity index (χ1v) is 11.0. The maximum absolute atomic E-state index is 13.4. The molecule has 1 saturated heterocycles. The molecule has 168 valence electrons. The summed E-state index contributed by atoms with van der Waals surface area (Å²) < 4.78 is 12.9. The Bertz CT molecular complexity index is 1130. The molecular weight excluding hydrogens is 404 g/mol. The van der Waals surface area contributed by atoms with Gasteiger partial charge in [-0.15, -0.1) is 0 Å². The van der Waals surface area contributed by atoms with E-state index in [9.17, 15) is 9.59 Å². The molecule has 0 radical (unpaired) electrons. The fourth-order valence-electron chi connectivity index (χ4n) is 4.69. The zero-order valence-corrected chi connectivity index (χ0v) is 19.4. The molecule has 4 rings (SSSR count). The number of benzene rings is 1. The standard InChI is InChI=1S/C26H30N2O4/c1-16-8-6-9-21(12-16)28-17(2)13-20(18(28)3)14-23-24(26(30)31-5)19(4)27(25(23)29)15-22-10-7-11-32-22/h6,8-9,12-14,22H,7,10-11,15H2,1-5H3/b23-14-. The van der Waals surface area contributed by atoms with Crippen molar-refractivity contribution in [3.63, 3.8) is 0 Å². The number of hydrogen-bond donors (Lipinski definition) is 0. The van der Waals surface area contributed by atoms with Crippen LogP contribution in [0, 0.1) is 20.8 Å². The summed E-state index contributed by atoms with van der Waals surface area (Å²) in [5.74, 6) is -0.678. The molecule has 1 aromatic carbocycles. The van der Waals surface area contributed by atoms with E-state index in [-0.39, 0.29) is 12.0 Å². The molecule has 2 aliphatic rings. The van der Waals surface area contributed by atoms with Gasteiger partial charge in [-0.3, -0.25) is 4.79 Å². The molecule has 1 fully saturated rings. The zero-order valence-electron chi connectivity index (χ0n) is 19.4. The van der Waals surface area contributed by atoms with E-state index in [2.05, 4.69) is 29.7 Å². The lowest BCUT2D eigenvalue weighted by Gasteiger charge is -2.21. The minimum Gasteiger partial charge on any atom is -0.465 e. The van der Waals surface area contributed by atoms with Crippen molar-refractivity contribution in [2.45, 2.75) is 46.6 Å². The summed E-state index contributed by atoms with van der Waals surface area (Å²) >= 11 is 0. The average molecular weight is 435 g/mol. The highest BCUT2D eigenvalue weighted by Gasteiger charge is 2.38. The topological polar surface area (TPSA) is 60.8 Å². The van der Waals surface area contributed by atoms with E-state index in [1.165, 1.54) is 12.7 Å². The maximum Gasteiger partial charge on any atom is 0.340 e. The van der Waals surface area contributed by atoms with Gasteiger partial charge < -0.3 is 18.9 Å². The van der Waals surface area contributed by atoms with Crippen molar-refractivity contribution in [3.05, 3.63) is 69.7 Å². The highest BCUT2D eigenvalue weighted by Crippen LogP contribution is 2.34. The molecule has 1 atom stereocenters. The highest BCUT2D eigenvalue weighted by atomic mass is 16.5. The van der Waals surface area contributed by atoms with E-state index >= 15 is 0 Å². The third kappa shape index (κ3) is 3.91. The van der Waals surface area contributed by atoms with Crippen LogP contribution in [0.5, 0.6) is 0 Å². The minimum atomic E-state index is -0.496. The third-order valence-electron chi connectivity index (χ3n) is 6.34. The highest BCUT2D eigenvalue weighted by molar-refractivity contribution is 6.16. The summed E-state index contributed by atoms with van der Waals surface area (Å²) in [7, 11) is 1.34. The molecule has 1 unspecified atom stereocenters. The van der Waals surface area contributed by atoms with Gasteiger partial charge in [-0.1, -0.05) is 12.1 Å². The predicted molar refractivity (Wildman–Crippen MR) is 123 cm³/mol. The number of hydrogen-bond acceptors (Lipinski definition) is 4. The predicted octanol–water partition coefficient (Wildman–Crippen LogP) is 4.25. The Morgan fingerprint density at radius 3 is 2.66 bits per heavy atom. The van der Waals surface area contributed by atoms with Crippen LogP contribution in [0.3, 0.4) is 0 Å². The molecule has 2 aromatic rings. The molecule has 1 aromatic heterocycles. The van der Waals surface area contributed by atoms with Crippen molar-refractivity contribution >= 4 is 18.0 Å². The minimum absolute atomic E-state index is 0.00136. The molecule has 3 heterocycles. The second kappa shape index (κ2) is 8.79. The van der Waals surface area contributed by atoms with Gasteiger partial charge in [0.05, 0.1) is 30.9 Å². The molecule has 0 aliphatic carbocycles. The summed E-state index contributed by atoms with van der Waals surface area (Å²) in [5, 5.41) is 0. The Hall–Kier alpha value is -3.12. The second-order valence-electron chi connectivity index (χ2n) is 8.56. The summed E-state index contributed by atoms with van der Waals surface area (Å²) in [6, 6.07) is 10.3. The van der Waals surface area contributed by atoms with Crippen molar-refractivity contribution in [1.29, 1.82) is 0 Å². The summed E-state index contributed by atoms with van der Waals surface area (Å²) in [4.78, 5) is 27.7. The number of methoxy groups -OCH3 is 1. The molecule has 0 saturated carbocycles. The Morgan fingerprint density at radius 1 is 1.22 bits per heavy atom. The Kier molecular flexibility index (Phi) is 6.07. The molecular formula is C26H30N2O4. The number of rotatable bonds is 5. The maximum atomic E-state index is 13.4. The summed E-state index contributed by atoms with van der Waals surface area (Å²) in [6.45, 7) is 9.10. The SMILES string of the molecule is COC(=O)C1=C(C)N(CC2CCCO2)C(=O)/C1=C\c1cc(C)n(-c2cccc(C)c2)c1C. The number of amides is 1. The lowest BCUT2D eigenvalue weighted by molar-refractivity contribution is -0.136. The van der Waals surface area contributed by atoms with E-state index in [0.29, 0.717) is 30.0 Å². The average Bonchev–Trinajstić information content (AvgIpc) is 3.43. The normalized spacial score (nSPS) is 20.0. The van der Waals surface area contributed by atoms with Crippen LogP contribution in [-0.4, -0.2) is 47.7 Å². The fourth-order valence-corrected chi connectivity index (χ4v) is 4.69. The van der Waals surface area contributed by atoms with E-state index in [1.54, 1.807) is 11.8 Å². The number of carbonyl (C=O) groups excluding carboxylic acids is 2. The van der Waals surface area contributed by atoms with Crippen LogP contribution < -0.4 is 0 Å². The van der Waals surface area contributed by atoms with Crippen LogP contribution in [0.4, 0.5) is 0 Å². The third-order valence-corrected chi connectivity index (χ3v) is 6.34. The van der Waals surface area contributed by atoms with Gasteiger partial charge in [0, 0.05) is 29.4 Å². The van der Waals surface area contributed by atoms with Crippen molar-refractivity contribution < 1.29 is 19.1 Å². The van der Waals surface area contributed by atoms with Gasteiger partial charge in [0.2, 0.25) is 0 Å². The van der Waals surface area contributed by atoms with Crippen molar-refractivity contribution in [2.75, 3.05) is 20.3 Å². The molecule has 0 N–H and O–H groups in total. The fraction of sp³-hybridized carbons (Fsp3) is 0.385. The second-order valence-corrected chi connectivity index (χ2v) is 8.56. The van der Waals surface area contributed by atoms with Crippen LogP contribution in [0.25, 0.3) is 11.8 Å². The molecule has 6 heteroatoms. The number of carbonyl (C=O) groups is 2. The van der Waals surface area contributed by atoms with Gasteiger partial charge in [-0.2, -0.15) is 0 Å². The largest absolute Gasteiger partial charge is 0.465 e. The number of esters is 1. The van der Waals surface area contributed by atoms with Gasteiger partial charge in [0.1, 0.15) is 0 Å². The number of nitrogens with zero attached hydrogens (tertiary/aromatic N) is 2. The van der Waals surface area contributed by atoms with Gasteiger partial charge in [-0.25, -0.2) is 4.79 Å². The molecule has 32 heavy (non-hydrogen) atoms. The first-order chi connectivity index (χ1) is 15.3. The quantitative estimate of drug-likeness (QED) is 0.521. The first kappa shape index (κ1) is 22.1. The number of allylic oxidation sites excluding steroid dienone is 1. The lowest BCUT2D eigenvalue weighted by Crippen LogP contribution is -2.33. The summed E-state index contributed by atoms with van der Waals surface area (Å²) in [5.41, 5.74) is 6.54. The lowest BCUT2D eigenvalue weighted by atomic mass is 10.0. The number of ether oxygens (including phenoxy) is 2.